The van der Waals surface area contributed by atoms with Crippen LogP contribution >= 0.6 is 0 Å². The van der Waals surface area contributed by atoms with Crippen molar-refractivity contribution >= 4 is 12.0 Å². The molecular weight excluding hydrogens is 224 g/mol. The van der Waals surface area contributed by atoms with Crippen LogP contribution in [0, 0.1) is 0 Å². The van der Waals surface area contributed by atoms with Gasteiger partial charge in [-0.05, 0) is 12.1 Å². The van der Waals surface area contributed by atoms with Gasteiger partial charge >= 0.3 is 12.0 Å². The predicted molar refractivity (Wildman–Crippen MR) is 60.7 cm³/mol. The van der Waals surface area contributed by atoms with Crippen molar-refractivity contribution in [2.75, 3.05) is 13.3 Å². The second kappa shape index (κ2) is 7.10. The van der Waals surface area contributed by atoms with E-state index in [1.807, 2.05) is 18.2 Å². The summed E-state index contributed by atoms with van der Waals surface area (Å²) in [7, 11) is 0. The summed E-state index contributed by atoms with van der Waals surface area (Å²) in [4.78, 5) is 21.3. The summed E-state index contributed by atoms with van der Waals surface area (Å²) in [5.74, 6) is -0.302. The quantitative estimate of drug-likeness (QED) is 0.639. The molecule has 0 unspecified atom stereocenters. The van der Waals surface area contributed by atoms with E-state index >= 15 is 0 Å². The Bertz CT molecular complexity index is 367. The van der Waals surface area contributed by atoms with Gasteiger partial charge < -0.3 is 20.5 Å². The summed E-state index contributed by atoms with van der Waals surface area (Å²) in [6.45, 7) is 0.120. The highest BCUT2D eigenvalue weighted by molar-refractivity contribution is 5.74. The number of hydrogen-bond acceptors (Lipinski definition) is 3. The molecule has 0 aliphatic heterocycles. The van der Waals surface area contributed by atoms with Crippen LogP contribution in [-0.2, 0) is 4.79 Å². The van der Waals surface area contributed by atoms with Gasteiger partial charge in [-0.15, -0.1) is 0 Å². The number of aliphatic carboxylic acids is 1. The first kappa shape index (κ1) is 12.8. The van der Waals surface area contributed by atoms with Gasteiger partial charge in [-0.25, -0.2) is 4.79 Å². The van der Waals surface area contributed by atoms with Gasteiger partial charge in [0.15, 0.2) is 6.73 Å². The van der Waals surface area contributed by atoms with E-state index in [0.29, 0.717) is 5.75 Å². The minimum Gasteiger partial charge on any atom is -0.481 e. The Labute approximate surface area is 98.6 Å². The first-order chi connectivity index (χ1) is 8.18. The molecule has 0 aliphatic carbocycles. The van der Waals surface area contributed by atoms with Crippen molar-refractivity contribution in [3.8, 4) is 5.75 Å². The maximum Gasteiger partial charge on any atom is 0.317 e. The zero-order valence-corrected chi connectivity index (χ0v) is 9.18. The van der Waals surface area contributed by atoms with Gasteiger partial charge in [-0.3, -0.25) is 4.79 Å². The maximum atomic E-state index is 11.1. The Hall–Kier alpha value is -2.24. The van der Waals surface area contributed by atoms with E-state index in [0.717, 1.165) is 0 Å². The van der Waals surface area contributed by atoms with E-state index in [1.54, 1.807) is 12.1 Å². The molecule has 1 aromatic rings. The summed E-state index contributed by atoms with van der Waals surface area (Å²) in [6, 6.07) is 8.58. The lowest BCUT2D eigenvalue weighted by atomic mass is 10.3. The summed E-state index contributed by atoms with van der Waals surface area (Å²) in [5, 5.41) is 13.2. The van der Waals surface area contributed by atoms with Crippen molar-refractivity contribution in [3.05, 3.63) is 30.3 Å². The molecule has 0 aliphatic rings. The molecule has 6 nitrogen and oxygen atoms in total. The number of para-hydroxylation sites is 1. The summed E-state index contributed by atoms with van der Waals surface area (Å²) in [5.41, 5.74) is 0. The van der Waals surface area contributed by atoms with Crippen LogP contribution in [0.3, 0.4) is 0 Å². The molecule has 0 bridgehead atoms. The Morgan fingerprint density at radius 2 is 1.88 bits per heavy atom. The minimum absolute atomic E-state index is 0.0307. The van der Waals surface area contributed by atoms with Crippen LogP contribution in [0.25, 0.3) is 0 Å². The van der Waals surface area contributed by atoms with Gasteiger partial charge in [-0.1, -0.05) is 18.2 Å². The third kappa shape index (κ3) is 6.03. The smallest absolute Gasteiger partial charge is 0.317 e. The first-order valence-corrected chi connectivity index (χ1v) is 5.10. The third-order valence-electron chi connectivity index (χ3n) is 1.84. The topological polar surface area (TPSA) is 87.7 Å². The number of rotatable bonds is 6. The number of carbonyl (C=O) groups is 2. The standard InChI is InChI=1S/C11H14N2O4/c14-10(15)6-7-12-11(16)13-8-17-9-4-2-1-3-5-9/h1-5H,6-8H2,(H,14,15)(H2,12,13,16). The van der Waals surface area contributed by atoms with Crippen molar-refractivity contribution in [1.82, 2.24) is 10.6 Å². The molecule has 0 radical (unpaired) electrons. The van der Waals surface area contributed by atoms with E-state index in [2.05, 4.69) is 10.6 Å². The summed E-state index contributed by atoms with van der Waals surface area (Å²) < 4.78 is 5.22. The van der Waals surface area contributed by atoms with Gasteiger partial charge in [0.05, 0.1) is 6.42 Å². The molecule has 17 heavy (non-hydrogen) atoms. The van der Waals surface area contributed by atoms with E-state index < -0.39 is 12.0 Å². The van der Waals surface area contributed by atoms with Crippen LogP contribution in [0.1, 0.15) is 6.42 Å². The van der Waals surface area contributed by atoms with Crippen LogP contribution in [0.4, 0.5) is 4.79 Å². The SMILES string of the molecule is O=C(O)CCNC(=O)NCOc1ccccc1. The van der Waals surface area contributed by atoms with Crippen LogP contribution < -0.4 is 15.4 Å². The molecule has 6 heteroatoms. The molecule has 0 saturated heterocycles. The molecule has 0 atom stereocenters. The Kier molecular flexibility index (Phi) is 5.36. The molecule has 0 heterocycles. The van der Waals surface area contributed by atoms with Gasteiger partial charge in [0.25, 0.3) is 0 Å². The average molecular weight is 238 g/mol. The number of carboxylic acid groups (broad SMARTS) is 1. The highest BCUT2D eigenvalue weighted by atomic mass is 16.5. The van der Waals surface area contributed by atoms with E-state index in [-0.39, 0.29) is 19.7 Å². The second-order valence-corrected chi connectivity index (χ2v) is 3.18. The minimum atomic E-state index is -0.953. The fraction of sp³-hybridized carbons (Fsp3) is 0.273. The Balaban J connectivity index is 2.10. The lowest BCUT2D eigenvalue weighted by Gasteiger charge is -2.08. The normalized spacial score (nSPS) is 9.41. The van der Waals surface area contributed by atoms with Crippen molar-refractivity contribution in [2.45, 2.75) is 6.42 Å². The van der Waals surface area contributed by atoms with Gasteiger partial charge in [0, 0.05) is 6.54 Å². The molecule has 0 spiro atoms. The molecule has 0 aromatic heterocycles. The highest BCUT2D eigenvalue weighted by Crippen LogP contribution is 2.06. The van der Waals surface area contributed by atoms with Gasteiger partial charge in [-0.2, -0.15) is 0 Å². The molecular formula is C11H14N2O4. The predicted octanol–water partition coefficient (Wildman–Crippen LogP) is 0.797. The monoisotopic (exact) mass is 238 g/mol. The molecule has 1 aromatic carbocycles. The maximum absolute atomic E-state index is 11.1. The summed E-state index contributed by atoms with van der Waals surface area (Å²) in [6.07, 6.45) is -0.104. The number of ether oxygens (including phenoxy) is 1. The van der Waals surface area contributed by atoms with Crippen LogP contribution in [-0.4, -0.2) is 30.4 Å². The molecule has 3 N–H and O–H groups in total. The zero-order chi connectivity index (χ0) is 12.5. The molecule has 92 valence electrons. The number of nitrogens with one attached hydrogen (secondary N) is 2. The number of urea groups is 1. The van der Waals surface area contributed by atoms with Crippen LogP contribution in [0.5, 0.6) is 5.75 Å². The first-order valence-electron chi connectivity index (χ1n) is 5.10. The number of carbonyl (C=O) groups excluding carboxylic acids is 1. The largest absolute Gasteiger partial charge is 0.481 e. The number of hydrogen-bond donors (Lipinski definition) is 3. The van der Waals surface area contributed by atoms with E-state index in [1.165, 1.54) is 0 Å². The van der Waals surface area contributed by atoms with Crippen LogP contribution in [0.15, 0.2) is 30.3 Å². The average Bonchev–Trinajstić information content (AvgIpc) is 2.30. The lowest BCUT2D eigenvalue weighted by Crippen LogP contribution is -2.38. The number of amides is 2. The lowest BCUT2D eigenvalue weighted by molar-refractivity contribution is -0.136. The van der Waals surface area contributed by atoms with Crippen molar-refractivity contribution in [2.24, 2.45) is 0 Å². The second-order valence-electron chi connectivity index (χ2n) is 3.18. The fourth-order valence-corrected chi connectivity index (χ4v) is 1.05. The van der Waals surface area contributed by atoms with E-state index in [9.17, 15) is 9.59 Å². The Morgan fingerprint density at radius 1 is 1.18 bits per heavy atom. The van der Waals surface area contributed by atoms with Crippen LogP contribution in [0.2, 0.25) is 0 Å². The van der Waals surface area contributed by atoms with Crippen molar-refractivity contribution < 1.29 is 19.4 Å². The van der Waals surface area contributed by atoms with Crippen molar-refractivity contribution in [1.29, 1.82) is 0 Å². The summed E-state index contributed by atoms with van der Waals surface area (Å²) >= 11 is 0. The van der Waals surface area contributed by atoms with Gasteiger partial charge in [0.1, 0.15) is 5.75 Å². The molecule has 0 fully saturated rings. The fourth-order valence-electron chi connectivity index (χ4n) is 1.05. The molecule has 0 saturated carbocycles. The Morgan fingerprint density at radius 3 is 2.53 bits per heavy atom. The zero-order valence-electron chi connectivity index (χ0n) is 9.18. The highest BCUT2D eigenvalue weighted by Gasteiger charge is 2.01. The molecule has 1 rings (SSSR count). The molecule has 2 amide bonds. The number of benzene rings is 1. The third-order valence-corrected chi connectivity index (χ3v) is 1.84. The van der Waals surface area contributed by atoms with E-state index in [4.69, 9.17) is 9.84 Å². The number of carboxylic acids is 1. The van der Waals surface area contributed by atoms with Crippen molar-refractivity contribution in [3.63, 3.8) is 0 Å². The van der Waals surface area contributed by atoms with Gasteiger partial charge in [0.2, 0.25) is 0 Å².